The van der Waals surface area contributed by atoms with Crippen LogP contribution in [0.25, 0.3) is 11.0 Å². The molecule has 8 heteroatoms. The highest BCUT2D eigenvalue weighted by Gasteiger charge is 2.14. The lowest BCUT2D eigenvalue weighted by Crippen LogP contribution is -2.22. The molecular formula is C16H16N4O4. The maximum Gasteiger partial charge on any atom is 0.325 e. The number of hydrogen-bond acceptors (Lipinski definition) is 5. The number of nitrogens with one attached hydrogen (secondary N) is 1. The van der Waals surface area contributed by atoms with E-state index in [4.69, 9.17) is 9.52 Å². The zero-order chi connectivity index (χ0) is 17.1. The molecule has 0 saturated carbocycles. The molecule has 3 rings (SSSR count). The number of aryl methyl sites for hydroxylation is 1. The van der Waals surface area contributed by atoms with Crippen molar-refractivity contribution >= 4 is 22.8 Å². The van der Waals surface area contributed by atoms with Gasteiger partial charge in [-0.15, -0.1) is 5.10 Å². The van der Waals surface area contributed by atoms with Crippen LogP contribution in [0.2, 0.25) is 0 Å². The van der Waals surface area contributed by atoms with Crippen molar-refractivity contribution < 1.29 is 19.1 Å². The van der Waals surface area contributed by atoms with Crippen LogP contribution in [0.1, 0.15) is 28.5 Å². The Kier molecular flexibility index (Phi) is 4.28. The van der Waals surface area contributed by atoms with Gasteiger partial charge in [-0.25, -0.2) is 4.68 Å². The standard InChI is InChI=1S/C16H16N4O4/c1-2-10-3-4-14-12(5-10)13(9-24-14)16(23)17-6-11-7-20(19-18-11)8-15(21)22/h3-5,7,9H,2,6,8H2,1H3,(H,17,23)(H,21,22). The number of carbonyl (C=O) groups is 2. The van der Waals surface area contributed by atoms with Crippen molar-refractivity contribution in [1.82, 2.24) is 20.3 Å². The number of amides is 1. The largest absolute Gasteiger partial charge is 0.480 e. The van der Waals surface area contributed by atoms with Crippen molar-refractivity contribution in [3.05, 3.63) is 47.5 Å². The summed E-state index contributed by atoms with van der Waals surface area (Å²) in [6, 6.07) is 5.76. The Morgan fingerprint density at radius 3 is 2.96 bits per heavy atom. The van der Waals surface area contributed by atoms with Gasteiger partial charge in [0.05, 0.1) is 18.3 Å². The van der Waals surface area contributed by atoms with Gasteiger partial charge in [0.1, 0.15) is 24.1 Å². The molecule has 1 amide bonds. The zero-order valence-electron chi connectivity index (χ0n) is 13.0. The number of carboxylic acid groups (broad SMARTS) is 1. The van der Waals surface area contributed by atoms with Gasteiger partial charge in [-0.1, -0.05) is 18.2 Å². The fraction of sp³-hybridized carbons (Fsp3) is 0.250. The second kappa shape index (κ2) is 6.53. The molecule has 2 aromatic heterocycles. The highest BCUT2D eigenvalue weighted by molar-refractivity contribution is 6.06. The first kappa shape index (κ1) is 15.7. The summed E-state index contributed by atoms with van der Waals surface area (Å²) in [6.45, 7) is 1.92. The summed E-state index contributed by atoms with van der Waals surface area (Å²) in [5, 5.41) is 19.7. The number of aliphatic carboxylic acids is 1. The molecular weight excluding hydrogens is 312 g/mol. The Morgan fingerprint density at radius 2 is 2.21 bits per heavy atom. The molecule has 0 fully saturated rings. The van der Waals surface area contributed by atoms with Crippen molar-refractivity contribution in [2.75, 3.05) is 0 Å². The molecule has 0 saturated heterocycles. The van der Waals surface area contributed by atoms with Crippen LogP contribution in [0.3, 0.4) is 0 Å². The predicted molar refractivity (Wildman–Crippen MR) is 84.4 cm³/mol. The van der Waals surface area contributed by atoms with E-state index >= 15 is 0 Å². The summed E-state index contributed by atoms with van der Waals surface area (Å²) in [5.74, 6) is -1.29. The van der Waals surface area contributed by atoms with Crippen molar-refractivity contribution in [2.24, 2.45) is 0 Å². The maximum atomic E-state index is 12.4. The van der Waals surface area contributed by atoms with E-state index in [2.05, 4.69) is 15.6 Å². The number of carbonyl (C=O) groups excluding carboxylic acids is 1. The van der Waals surface area contributed by atoms with Crippen LogP contribution in [-0.4, -0.2) is 32.0 Å². The zero-order valence-corrected chi connectivity index (χ0v) is 13.0. The number of fused-ring (bicyclic) bond motifs is 1. The summed E-state index contributed by atoms with van der Waals surface area (Å²) in [4.78, 5) is 23.0. The third-order valence-corrected chi connectivity index (χ3v) is 3.60. The summed E-state index contributed by atoms with van der Waals surface area (Å²) in [6.07, 6.45) is 3.78. The van der Waals surface area contributed by atoms with Crippen LogP contribution in [0.15, 0.2) is 35.1 Å². The first-order valence-corrected chi connectivity index (χ1v) is 7.46. The lowest BCUT2D eigenvalue weighted by atomic mass is 10.1. The van der Waals surface area contributed by atoms with Crippen LogP contribution in [0.5, 0.6) is 0 Å². The van der Waals surface area contributed by atoms with Crippen molar-refractivity contribution in [2.45, 2.75) is 26.4 Å². The fourth-order valence-electron chi connectivity index (χ4n) is 2.37. The van der Waals surface area contributed by atoms with E-state index in [1.54, 1.807) is 0 Å². The monoisotopic (exact) mass is 328 g/mol. The van der Waals surface area contributed by atoms with Gasteiger partial charge in [0.2, 0.25) is 0 Å². The van der Waals surface area contributed by atoms with Crippen molar-refractivity contribution in [1.29, 1.82) is 0 Å². The Morgan fingerprint density at radius 1 is 1.38 bits per heavy atom. The molecule has 0 aliphatic rings. The van der Waals surface area contributed by atoms with E-state index < -0.39 is 5.97 Å². The normalized spacial score (nSPS) is 10.9. The number of nitrogens with zero attached hydrogens (tertiary/aromatic N) is 3. The number of aromatic nitrogens is 3. The Bertz CT molecular complexity index is 897. The second-order valence-corrected chi connectivity index (χ2v) is 5.32. The molecule has 0 atom stereocenters. The van der Waals surface area contributed by atoms with E-state index in [1.807, 2.05) is 25.1 Å². The number of furan rings is 1. The Balaban J connectivity index is 1.71. The summed E-state index contributed by atoms with van der Waals surface area (Å²) in [5.41, 5.74) is 2.71. The Labute approximate surface area is 137 Å². The lowest BCUT2D eigenvalue weighted by Gasteiger charge is -2.02. The third-order valence-electron chi connectivity index (χ3n) is 3.60. The summed E-state index contributed by atoms with van der Waals surface area (Å²) >= 11 is 0. The highest BCUT2D eigenvalue weighted by atomic mass is 16.4. The minimum atomic E-state index is -1.01. The quantitative estimate of drug-likeness (QED) is 0.711. The molecule has 0 bridgehead atoms. The minimum absolute atomic E-state index is 0.151. The molecule has 0 unspecified atom stereocenters. The first-order chi connectivity index (χ1) is 11.6. The average molecular weight is 328 g/mol. The van der Waals surface area contributed by atoms with Crippen LogP contribution >= 0.6 is 0 Å². The van der Waals surface area contributed by atoms with Gasteiger partial charge in [0.15, 0.2) is 0 Å². The summed E-state index contributed by atoms with van der Waals surface area (Å²) in [7, 11) is 0. The lowest BCUT2D eigenvalue weighted by molar-refractivity contribution is -0.137. The molecule has 2 N–H and O–H groups in total. The maximum absolute atomic E-state index is 12.4. The van der Waals surface area contributed by atoms with Gasteiger partial charge in [0, 0.05) is 5.39 Å². The molecule has 8 nitrogen and oxygen atoms in total. The fourth-order valence-corrected chi connectivity index (χ4v) is 2.37. The molecule has 0 aliphatic carbocycles. The van der Waals surface area contributed by atoms with Gasteiger partial charge in [-0.3, -0.25) is 9.59 Å². The molecule has 0 radical (unpaired) electrons. The molecule has 1 aromatic carbocycles. The predicted octanol–water partition coefficient (Wildman–Crippen LogP) is 1.60. The van der Waals surface area contributed by atoms with Gasteiger partial charge in [-0.05, 0) is 24.1 Å². The SMILES string of the molecule is CCc1ccc2occ(C(=O)NCc3cn(CC(=O)O)nn3)c2c1. The van der Waals surface area contributed by atoms with Gasteiger partial charge in [-0.2, -0.15) is 0 Å². The van der Waals surface area contributed by atoms with Crippen LogP contribution < -0.4 is 5.32 Å². The van der Waals surface area contributed by atoms with Crippen molar-refractivity contribution in [3.63, 3.8) is 0 Å². The molecule has 124 valence electrons. The van der Waals surface area contributed by atoms with Gasteiger partial charge in [0.25, 0.3) is 5.91 Å². The van der Waals surface area contributed by atoms with Crippen LogP contribution in [0.4, 0.5) is 0 Å². The van der Waals surface area contributed by atoms with E-state index in [0.29, 0.717) is 16.8 Å². The average Bonchev–Trinajstić information content (AvgIpc) is 3.18. The molecule has 2 heterocycles. The number of hydrogen-bond donors (Lipinski definition) is 2. The van der Waals surface area contributed by atoms with Crippen LogP contribution in [0, 0.1) is 0 Å². The second-order valence-electron chi connectivity index (χ2n) is 5.32. The number of benzene rings is 1. The number of rotatable bonds is 6. The van der Waals surface area contributed by atoms with E-state index in [1.165, 1.54) is 17.1 Å². The Hall–Kier alpha value is -3.16. The van der Waals surface area contributed by atoms with Gasteiger partial charge < -0.3 is 14.8 Å². The van der Waals surface area contributed by atoms with E-state index in [-0.39, 0.29) is 19.0 Å². The molecule has 24 heavy (non-hydrogen) atoms. The topological polar surface area (TPSA) is 110 Å². The minimum Gasteiger partial charge on any atom is -0.480 e. The van der Waals surface area contributed by atoms with Crippen LogP contribution in [-0.2, 0) is 24.3 Å². The summed E-state index contributed by atoms with van der Waals surface area (Å²) < 4.78 is 6.61. The number of carboxylic acids is 1. The molecule has 0 spiro atoms. The van der Waals surface area contributed by atoms with Crippen molar-refractivity contribution in [3.8, 4) is 0 Å². The smallest absolute Gasteiger partial charge is 0.325 e. The third kappa shape index (κ3) is 3.27. The highest BCUT2D eigenvalue weighted by Crippen LogP contribution is 2.22. The molecule has 3 aromatic rings. The van der Waals surface area contributed by atoms with E-state index in [0.717, 1.165) is 17.4 Å². The van der Waals surface area contributed by atoms with E-state index in [9.17, 15) is 9.59 Å². The first-order valence-electron chi connectivity index (χ1n) is 7.46. The molecule has 0 aliphatic heterocycles. The van der Waals surface area contributed by atoms with Gasteiger partial charge >= 0.3 is 5.97 Å².